The third-order valence-corrected chi connectivity index (χ3v) is 5.08. The van der Waals surface area contributed by atoms with E-state index in [0.29, 0.717) is 17.2 Å². The monoisotopic (exact) mass is 338 g/mol. The third kappa shape index (κ3) is 4.11. The lowest BCUT2D eigenvalue weighted by Crippen LogP contribution is -2.26. The van der Waals surface area contributed by atoms with Crippen LogP contribution in [0.3, 0.4) is 0 Å². The second-order valence-electron chi connectivity index (χ2n) is 5.78. The SMILES string of the molecule is Cc1cc(CN(C)S(=O)(=O)c2ccc(OC(C)C)c(C)c2)no1. The Kier molecular flexibility index (Phi) is 5.11. The van der Waals surface area contributed by atoms with Gasteiger partial charge in [-0.15, -0.1) is 0 Å². The molecule has 1 aromatic carbocycles. The van der Waals surface area contributed by atoms with Crippen molar-refractivity contribution < 1.29 is 17.7 Å². The Hall–Kier alpha value is -1.86. The van der Waals surface area contributed by atoms with Crippen LogP contribution in [0.1, 0.15) is 30.9 Å². The van der Waals surface area contributed by atoms with E-state index in [1.165, 1.54) is 11.4 Å². The molecule has 0 saturated heterocycles. The molecule has 0 bridgehead atoms. The van der Waals surface area contributed by atoms with E-state index in [1.807, 2.05) is 20.8 Å². The van der Waals surface area contributed by atoms with Gasteiger partial charge in [0.2, 0.25) is 10.0 Å². The lowest BCUT2D eigenvalue weighted by molar-refractivity contribution is 0.240. The summed E-state index contributed by atoms with van der Waals surface area (Å²) in [6.07, 6.45) is 0.0363. The molecular formula is C16H22N2O4S. The summed E-state index contributed by atoms with van der Waals surface area (Å²) >= 11 is 0. The minimum absolute atomic E-state index is 0.0363. The minimum Gasteiger partial charge on any atom is -0.491 e. The topological polar surface area (TPSA) is 72.6 Å². The number of hydrogen-bond donors (Lipinski definition) is 0. The molecule has 0 unspecified atom stereocenters. The van der Waals surface area contributed by atoms with Gasteiger partial charge in [0.15, 0.2) is 0 Å². The van der Waals surface area contributed by atoms with Crippen LogP contribution < -0.4 is 4.74 Å². The van der Waals surface area contributed by atoms with Crippen LogP contribution in [0.2, 0.25) is 0 Å². The van der Waals surface area contributed by atoms with E-state index >= 15 is 0 Å². The van der Waals surface area contributed by atoms with Crippen LogP contribution in [-0.4, -0.2) is 31.0 Å². The fourth-order valence-corrected chi connectivity index (χ4v) is 3.38. The molecule has 0 aliphatic heterocycles. The average Bonchev–Trinajstić information content (AvgIpc) is 2.85. The van der Waals surface area contributed by atoms with Gasteiger partial charge in [-0.2, -0.15) is 4.31 Å². The summed E-state index contributed by atoms with van der Waals surface area (Å²) in [5.74, 6) is 1.34. The van der Waals surface area contributed by atoms with Crippen LogP contribution in [0.25, 0.3) is 0 Å². The fourth-order valence-electron chi connectivity index (χ4n) is 2.15. The Bertz CT molecular complexity index is 781. The molecule has 2 rings (SSSR count). The Morgan fingerprint density at radius 1 is 1.26 bits per heavy atom. The third-order valence-electron chi connectivity index (χ3n) is 3.28. The molecule has 1 aromatic heterocycles. The molecule has 0 amide bonds. The van der Waals surface area contributed by atoms with Crippen LogP contribution >= 0.6 is 0 Å². The van der Waals surface area contributed by atoms with Crippen LogP contribution in [0.5, 0.6) is 5.75 Å². The maximum atomic E-state index is 12.7. The first-order chi connectivity index (χ1) is 10.7. The number of rotatable bonds is 6. The van der Waals surface area contributed by atoms with Crippen LogP contribution in [0, 0.1) is 13.8 Å². The Morgan fingerprint density at radius 3 is 2.48 bits per heavy atom. The van der Waals surface area contributed by atoms with Gasteiger partial charge in [0.05, 0.1) is 23.2 Å². The molecule has 0 atom stereocenters. The number of ether oxygens (including phenoxy) is 1. The summed E-state index contributed by atoms with van der Waals surface area (Å²) in [6, 6.07) is 6.59. The van der Waals surface area contributed by atoms with Crippen molar-refractivity contribution in [1.29, 1.82) is 0 Å². The first-order valence-corrected chi connectivity index (χ1v) is 8.80. The van der Waals surface area contributed by atoms with E-state index in [0.717, 1.165) is 5.56 Å². The van der Waals surface area contributed by atoms with Gasteiger partial charge in [0.1, 0.15) is 11.5 Å². The molecular weight excluding hydrogens is 316 g/mol. The van der Waals surface area contributed by atoms with Crippen LogP contribution in [-0.2, 0) is 16.6 Å². The summed E-state index contributed by atoms with van der Waals surface area (Å²) in [4.78, 5) is 0.230. The zero-order valence-corrected chi connectivity index (χ0v) is 14.8. The lowest BCUT2D eigenvalue weighted by atomic mass is 10.2. The number of hydrogen-bond acceptors (Lipinski definition) is 5. The average molecular weight is 338 g/mol. The predicted molar refractivity (Wildman–Crippen MR) is 86.8 cm³/mol. The van der Waals surface area contributed by atoms with Crippen molar-refractivity contribution in [2.75, 3.05) is 7.05 Å². The van der Waals surface area contributed by atoms with Crippen LogP contribution in [0.15, 0.2) is 33.7 Å². The molecule has 0 spiro atoms. The quantitative estimate of drug-likeness (QED) is 0.810. The molecule has 0 N–H and O–H groups in total. The van der Waals surface area contributed by atoms with Crippen molar-refractivity contribution in [3.05, 3.63) is 41.3 Å². The molecule has 126 valence electrons. The number of aromatic nitrogens is 1. The van der Waals surface area contributed by atoms with Gasteiger partial charge in [-0.05, 0) is 51.5 Å². The largest absolute Gasteiger partial charge is 0.491 e. The maximum absolute atomic E-state index is 12.7. The second-order valence-corrected chi connectivity index (χ2v) is 7.83. The Labute approximate surface area is 137 Å². The van der Waals surface area contributed by atoms with Gasteiger partial charge >= 0.3 is 0 Å². The molecule has 0 radical (unpaired) electrons. The normalized spacial score (nSPS) is 12.1. The van der Waals surface area contributed by atoms with Gasteiger partial charge in [-0.3, -0.25) is 0 Å². The van der Waals surface area contributed by atoms with E-state index in [-0.39, 0.29) is 17.5 Å². The van der Waals surface area contributed by atoms with E-state index in [1.54, 1.807) is 31.2 Å². The molecule has 7 heteroatoms. The Morgan fingerprint density at radius 2 is 1.96 bits per heavy atom. The highest BCUT2D eigenvalue weighted by atomic mass is 32.2. The maximum Gasteiger partial charge on any atom is 0.243 e. The smallest absolute Gasteiger partial charge is 0.243 e. The highest BCUT2D eigenvalue weighted by Crippen LogP contribution is 2.25. The van der Waals surface area contributed by atoms with E-state index in [4.69, 9.17) is 9.26 Å². The zero-order chi connectivity index (χ0) is 17.2. The summed E-state index contributed by atoms with van der Waals surface area (Å²) in [5.41, 5.74) is 1.36. The summed E-state index contributed by atoms with van der Waals surface area (Å²) in [7, 11) is -2.08. The van der Waals surface area contributed by atoms with Gasteiger partial charge in [-0.25, -0.2) is 8.42 Å². The fraction of sp³-hybridized carbons (Fsp3) is 0.438. The molecule has 0 saturated carbocycles. The highest BCUT2D eigenvalue weighted by Gasteiger charge is 2.23. The van der Waals surface area contributed by atoms with E-state index in [9.17, 15) is 8.42 Å². The zero-order valence-electron chi connectivity index (χ0n) is 14.0. The summed E-state index contributed by atoms with van der Waals surface area (Å²) in [6.45, 7) is 7.61. The highest BCUT2D eigenvalue weighted by molar-refractivity contribution is 7.89. The molecule has 2 aromatic rings. The van der Waals surface area contributed by atoms with E-state index in [2.05, 4.69) is 5.16 Å². The van der Waals surface area contributed by atoms with Crippen molar-refractivity contribution in [3.8, 4) is 5.75 Å². The molecule has 1 heterocycles. The molecule has 0 aliphatic rings. The number of benzene rings is 1. The van der Waals surface area contributed by atoms with Gasteiger partial charge in [0, 0.05) is 13.1 Å². The minimum atomic E-state index is -3.60. The number of sulfonamides is 1. The van der Waals surface area contributed by atoms with Crippen molar-refractivity contribution in [2.24, 2.45) is 0 Å². The standard InChI is InChI=1S/C16H22N2O4S/c1-11(2)21-16-7-6-15(8-12(16)3)23(19,20)18(5)10-14-9-13(4)22-17-14/h6-9,11H,10H2,1-5H3. The molecule has 0 fully saturated rings. The summed E-state index contributed by atoms with van der Waals surface area (Å²) in [5, 5.41) is 3.83. The van der Waals surface area contributed by atoms with Gasteiger partial charge in [0.25, 0.3) is 0 Å². The van der Waals surface area contributed by atoms with Crippen molar-refractivity contribution in [3.63, 3.8) is 0 Å². The molecule has 6 nitrogen and oxygen atoms in total. The first kappa shape index (κ1) is 17.5. The number of aryl methyl sites for hydroxylation is 2. The summed E-state index contributed by atoms with van der Waals surface area (Å²) < 4.78 is 37.2. The molecule has 0 aliphatic carbocycles. The first-order valence-electron chi connectivity index (χ1n) is 7.36. The number of nitrogens with zero attached hydrogens (tertiary/aromatic N) is 2. The van der Waals surface area contributed by atoms with Gasteiger partial charge in [-0.1, -0.05) is 5.16 Å². The van der Waals surface area contributed by atoms with Crippen LogP contribution in [0.4, 0.5) is 0 Å². The molecule has 23 heavy (non-hydrogen) atoms. The lowest BCUT2D eigenvalue weighted by Gasteiger charge is -2.18. The predicted octanol–water partition coefficient (Wildman–Crippen LogP) is 2.90. The second kappa shape index (κ2) is 6.72. The Balaban J connectivity index is 2.23. The van der Waals surface area contributed by atoms with Crippen molar-refractivity contribution in [1.82, 2.24) is 9.46 Å². The van der Waals surface area contributed by atoms with E-state index < -0.39 is 10.0 Å². The van der Waals surface area contributed by atoms with Crippen molar-refractivity contribution in [2.45, 2.75) is 45.2 Å². The van der Waals surface area contributed by atoms with Crippen molar-refractivity contribution >= 4 is 10.0 Å². The van der Waals surface area contributed by atoms with Gasteiger partial charge < -0.3 is 9.26 Å².